The number of nitrogens with zero attached hydrogens (tertiary/aromatic N) is 2. The Hall–Kier alpha value is -2.51. The van der Waals surface area contributed by atoms with Crippen molar-refractivity contribution in [1.29, 1.82) is 0 Å². The van der Waals surface area contributed by atoms with Crippen molar-refractivity contribution in [3.05, 3.63) is 46.8 Å². The molecule has 1 heterocycles. The normalized spacial score (nSPS) is 18.2. The molecule has 0 saturated carbocycles. The van der Waals surface area contributed by atoms with Gasteiger partial charge in [0.2, 0.25) is 11.6 Å². The van der Waals surface area contributed by atoms with Crippen LogP contribution in [0.1, 0.15) is 33.6 Å². The molecule has 3 rings (SSSR count). The van der Waals surface area contributed by atoms with Crippen molar-refractivity contribution < 1.29 is 24.2 Å². The van der Waals surface area contributed by atoms with Gasteiger partial charge in [-0.15, -0.1) is 0 Å². The number of allylic oxidation sites excluding steroid dienone is 2. The zero-order valence-electron chi connectivity index (χ0n) is 14.9. The Bertz CT molecular complexity index is 778. The lowest BCUT2D eigenvalue weighted by atomic mass is 9.88. The Morgan fingerprint density at radius 3 is 2.35 bits per heavy atom. The van der Waals surface area contributed by atoms with Crippen molar-refractivity contribution in [2.45, 2.75) is 18.9 Å². The first-order chi connectivity index (χ1) is 12.5. The number of benzene rings is 1. The van der Waals surface area contributed by atoms with Gasteiger partial charge >= 0.3 is 0 Å². The number of ketones is 2. The van der Waals surface area contributed by atoms with Crippen LogP contribution >= 0.6 is 0 Å². The minimum Gasteiger partial charge on any atom is -0.393 e. The van der Waals surface area contributed by atoms with Crippen LogP contribution in [-0.4, -0.2) is 72.3 Å². The topological polar surface area (TPSA) is 87.2 Å². The van der Waals surface area contributed by atoms with Crippen molar-refractivity contribution in [2.75, 3.05) is 33.9 Å². The third-order valence-corrected chi connectivity index (χ3v) is 4.83. The lowest BCUT2D eigenvalue weighted by molar-refractivity contribution is -0.132. The number of hydrogen-bond donors (Lipinski definition) is 1. The number of carbonyl (C=O) groups is 3. The number of amides is 1. The highest BCUT2D eigenvalue weighted by atomic mass is 16.5. The van der Waals surface area contributed by atoms with Crippen LogP contribution in [0.5, 0.6) is 0 Å². The second kappa shape index (κ2) is 7.39. The number of likely N-dealkylation sites (tertiary alicyclic amines) is 1. The molecule has 26 heavy (non-hydrogen) atoms. The number of aliphatic hydroxyl groups is 1. The van der Waals surface area contributed by atoms with Gasteiger partial charge in [0.05, 0.1) is 6.10 Å². The molecule has 1 saturated heterocycles. The quantitative estimate of drug-likeness (QED) is 0.858. The van der Waals surface area contributed by atoms with Gasteiger partial charge in [0.25, 0.3) is 5.91 Å². The molecule has 1 N–H and O–H groups in total. The van der Waals surface area contributed by atoms with Gasteiger partial charge in [-0.1, -0.05) is 24.3 Å². The number of methoxy groups -OCH3 is 1. The van der Waals surface area contributed by atoms with E-state index in [2.05, 4.69) is 0 Å². The van der Waals surface area contributed by atoms with E-state index in [0.717, 1.165) is 0 Å². The molecular formula is C19H22N2O5. The maximum Gasteiger partial charge on any atom is 0.252 e. The van der Waals surface area contributed by atoms with E-state index < -0.39 is 12.0 Å². The number of rotatable bonds is 4. The number of piperidine rings is 1. The Labute approximate surface area is 151 Å². The van der Waals surface area contributed by atoms with Crippen LogP contribution in [0, 0.1) is 0 Å². The van der Waals surface area contributed by atoms with Gasteiger partial charge in [-0.05, 0) is 12.8 Å². The molecule has 1 aliphatic heterocycles. The van der Waals surface area contributed by atoms with Crippen molar-refractivity contribution in [3.63, 3.8) is 0 Å². The summed E-state index contributed by atoms with van der Waals surface area (Å²) in [5.74, 6) is -1.03. The van der Waals surface area contributed by atoms with Crippen molar-refractivity contribution in [1.82, 2.24) is 9.80 Å². The van der Waals surface area contributed by atoms with Gasteiger partial charge in [0.1, 0.15) is 18.0 Å². The maximum absolute atomic E-state index is 13.2. The molecule has 7 nitrogen and oxygen atoms in total. The van der Waals surface area contributed by atoms with Gasteiger partial charge < -0.3 is 19.6 Å². The Morgan fingerprint density at radius 2 is 1.77 bits per heavy atom. The van der Waals surface area contributed by atoms with Crippen LogP contribution in [0.3, 0.4) is 0 Å². The molecule has 138 valence electrons. The molecule has 0 radical (unpaired) electrons. The molecular weight excluding hydrogens is 336 g/mol. The van der Waals surface area contributed by atoms with E-state index in [1.165, 1.54) is 19.1 Å². The standard InChI is InChI=1S/C19H22N2O5/c1-20(15(23)11-26-2)16-17(21-9-7-12(22)8-10-21)19(25)14-6-4-3-5-13(14)18(16)24/h3-6,12,22H,7-11H2,1-2H3. The number of likely N-dealkylation sites (N-methyl/N-ethyl adjacent to an activating group) is 1. The molecule has 0 unspecified atom stereocenters. The van der Waals surface area contributed by atoms with Gasteiger partial charge in [0, 0.05) is 38.4 Å². The number of Topliss-reactive ketones (excluding diaryl/α,β-unsaturated/α-hetero) is 2. The van der Waals surface area contributed by atoms with Crippen molar-refractivity contribution in [3.8, 4) is 0 Å². The second-order valence-electron chi connectivity index (χ2n) is 6.51. The Kier molecular flexibility index (Phi) is 5.20. The van der Waals surface area contributed by atoms with Crippen LogP contribution in [0.4, 0.5) is 0 Å². The average Bonchev–Trinajstić information content (AvgIpc) is 2.65. The zero-order chi connectivity index (χ0) is 18.8. The minimum atomic E-state index is -0.412. The highest BCUT2D eigenvalue weighted by Gasteiger charge is 2.39. The van der Waals surface area contributed by atoms with Crippen molar-refractivity contribution in [2.24, 2.45) is 0 Å². The fraction of sp³-hybridized carbons (Fsp3) is 0.421. The monoisotopic (exact) mass is 358 g/mol. The minimum absolute atomic E-state index is 0.0761. The molecule has 0 bridgehead atoms. The van der Waals surface area contributed by atoms with E-state index in [-0.39, 0.29) is 29.6 Å². The summed E-state index contributed by atoms with van der Waals surface area (Å²) in [5.41, 5.74) is 0.944. The summed E-state index contributed by atoms with van der Waals surface area (Å²) in [5, 5.41) is 9.76. The lowest BCUT2D eigenvalue weighted by Crippen LogP contribution is -2.44. The number of hydrogen-bond acceptors (Lipinski definition) is 6. The smallest absolute Gasteiger partial charge is 0.252 e. The molecule has 1 aromatic rings. The van der Waals surface area contributed by atoms with Crippen molar-refractivity contribution >= 4 is 17.5 Å². The summed E-state index contributed by atoms with van der Waals surface area (Å²) >= 11 is 0. The molecule has 7 heteroatoms. The second-order valence-corrected chi connectivity index (χ2v) is 6.51. The van der Waals surface area contributed by atoms with E-state index in [0.29, 0.717) is 37.1 Å². The predicted octanol–water partition coefficient (Wildman–Crippen LogP) is 0.839. The summed E-state index contributed by atoms with van der Waals surface area (Å²) in [6.07, 6.45) is 0.607. The molecule has 2 aliphatic rings. The molecule has 0 atom stereocenters. The van der Waals surface area contributed by atoms with E-state index in [9.17, 15) is 19.5 Å². The highest BCUT2D eigenvalue weighted by Crippen LogP contribution is 2.31. The summed E-state index contributed by atoms with van der Waals surface area (Å²) in [6, 6.07) is 6.64. The summed E-state index contributed by atoms with van der Waals surface area (Å²) < 4.78 is 4.89. The largest absolute Gasteiger partial charge is 0.393 e. The molecule has 0 spiro atoms. The van der Waals surface area contributed by atoms with Gasteiger partial charge in [0.15, 0.2) is 0 Å². The summed E-state index contributed by atoms with van der Waals surface area (Å²) in [7, 11) is 2.88. The zero-order valence-corrected chi connectivity index (χ0v) is 14.9. The predicted molar refractivity (Wildman–Crippen MR) is 93.6 cm³/mol. The molecule has 1 aliphatic carbocycles. The van der Waals surface area contributed by atoms with Gasteiger partial charge in [-0.2, -0.15) is 0 Å². The number of ether oxygens (including phenoxy) is 1. The number of aliphatic hydroxyl groups excluding tert-OH is 1. The van der Waals surface area contributed by atoms with E-state index in [1.807, 2.05) is 0 Å². The van der Waals surface area contributed by atoms with Gasteiger partial charge in [-0.25, -0.2) is 0 Å². The molecule has 1 fully saturated rings. The number of carbonyl (C=O) groups excluding carboxylic acids is 3. The fourth-order valence-electron chi connectivity index (χ4n) is 3.39. The molecule has 1 amide bonds. The first-order valence-electron chi connectivity index (χ1n) is 8.57. The number of fused-ring (bicyclic) bond motifs is 1. The van der Waals surface area contributed by atoms with Gasteiger partial charge in [-0.3, -0.25) is 14.4 Å². The SMILES string of the molecule is COCC(=O)N(C)C1=C(N2CCC(O)CC2)C(=O)c2ccccc2C1=O. The third kappa shape index (κ3) is 3.15. The van der Waals surface area contributed by atoms with Crippen LogP contribution < -0.4 is 0 Å². The van der Waals surface area contributed by atoms with Crippen LogP contribution in [-0.2, 0) is 9.53 Å². The lowest BCUT2D eigenvalue weighted by Gasteiger charge is -2.37. The maximum atomic E-state index is 13.2. The first kappa shape index (κ1) is 18.3. The van der Waals surface area contributed by atoms with Crippen LogP contribution in [0.15, 0.2) is 35.7 Å². The summed E-state index contributed by atoms with van der Waals surface area (Å²) in [4.78, 5) is 41.6. The van der Waals surface area contributed by atoms with Crippen LogP contribution in [0.2, 0.25) is 0 Å². The molecule has 1 aromatic carbocycles. The van der Waals surface area contributed by atoms with E-state index in [4.69, 9.17) is 4.74 Å². The summed E-state index contributed by atoms with van der Waals surface area (Å²) in [6.45, 7) is 0.718. The Balaban J connectivity index is 2.10. The first-order valence-corrected chi connectivity index (χ1v) is 8.57. The fourth-order valence-corrected chi connectivity index (χ4v) is 3.39. The highest BCUT2D eigenvalue weighted by molar-refractivity contribution is 6.27. The average molecular weight is 358 g/mol. The Morgan fingerprint density at radius 1 is 1.19 bits per heavy atom. The third-order valence-electron chi connectivity index (χ3n) is 4.83. The van der Waals surface area contributed by atoms with E-state index in [1.54, 1.807) is 29.2 Å². The van der Waals surface area contributed by atoms with E-state index >= 15 is 0 Å². The molecule has 0 aromatic heterocycles. The van der Waals surface area contributed by atoms with Crippen LogP contribution in [0.25, 0.3) is 0 Å².